The molecule has 2 rings (SSSR count). The van der Waals surface area contributed by atoms with Crippen LogP contribution in [-0.2, 0) is 4.79 Å². The lowest BCUT2D eigenvalue weighted by Gasteiger charge is -2.08. The normalized spacial score (nSPS) is 10.2. The van der Waals surface area contributed by atoms with Gasteiger partial charge in [-0.2, -0.15) is 0 Å². The molecule has 5 heteroatoms. The number of rotatable bonds is 5. The summed E-state index contributed by atoms with van der Waals surface area (Å²) in [6.07, 6.45) is 1.30. The van der Waals surface area contributed by atoms with Crippen molar-refractivity contribution in [1.82, 2.24) is 0 Å². The number of thiophene rings is 1. The van der Waals surface area contributed by atoms with E-state index in [4.69, 9.17) is 0 Å². The molecule has 2 aromatic rings. The van der Waals surface area contributed by atoms with Gasteiger partial charge in [0, 0.05) is 22.7 Å². The van der Waals surface area contributed by atoms with E-state index in [1.807, 2.05) is 26.0 Å². The molecule has 2 N–H and O–H groups in total. The summed E-state index contributed by atoms with van der Waals surface area (Å²) < 4.78 is 0. The number of hydrogen-bond donors (Lipinski definition) is 2. The van der Waals surface area contributed by atoms with Crippen LogP contribution in [0.4, 0.5) is 11.4 Å². The van der Waals surface area contributed by atoms with Gasteiger partial charge in [-0.3, -0.25) is 9.59 Å². The number of anilines is 2. The Morgan fingerprint density at radius 2 is 1.81 bits per heavy atom. The molecule has 21 heavy (non-hydrogen) atoms. The van der Waals surface area contributed by atoms with Gasteiger partial charge in [0.1, 0.15) is 0 Å². The van der Waals surface area contributed by atoms with Gasteiger partial charge in [-0.15, -0.1) is 11.3 Å². The fourth-order valence-electron chi connectivity index (χ4n) is 1.87. The summed E-state index contributed by atoms with van der Waals surface area (Å²) in [5.41, 5.74) is 1.36. The summed E-state index contributed by atoms with van der Waals surface area (Å²) in [4.78, 5) is 25.4. The molecule has 0 spiro atoms. The van der Waals surface area contributed by atoms with Gasteiger partial charge >= 0.3 is 0 Å². The van der Waals surface area contributed by atoms with Crippen LogP contribution in [0.25, 0.3) is 0 Å². The Labute approximate surface area is 128 Å². The van der Waals surface area contributed by atoms with Gasteiger partial charge in [-0.1, -0.05) is 13.0 Å². The van der Waals surface area contributed by atoms with Crippen LogP contribution in [0.3, 0.4) is 0 Å². The predicted octanol–water partition coefficient (Wildman–Crippen LogP) is 4.05. The minimum absolute atomic E-state index is 0.0186. The van der Waals surface area contributed by atoms with Crippen molar-refractivity contribution in [2.75, 3.05) is 10.6 Å². The molecule has 0 aliphatic heterocycles. The second-order valence-electron chi connectivity index (χ2n) is 4.74. The second-order valence-corrected chi connectivity index (χ2v) is 6.03. The van der Waals surface area contributed by atoms with E-state index in [-0.39, 0.29) is 11.8 Å². The standard InChI is InChI=1S/C16H18N2O2S/c1-3-5-15(19)17-12-6-4-7-13(10-12)18-16(20)14-9-8-11(2)21-14/h4,6-10H,3,5H2,1-2H3,(H,17,19)(H,18,20). The quantitative estimate of drug-likeness (QED) is 0.875. The van der Waals surface area contributed by atoms with Crippen molar-refractivity contribution >= 4 is 34.5 Å². The van der Waals surface area contributed by atoms with E-state index in [1.54, 1.807) is 24.3 Å². The molecule has 0 saturated carbocycles. The Morgan fingerprint density at radius 3 is 2.43 bits per heavy atom. The summed E-state index contributed by atoms with van der Waals surface area (Å²) in [5.74, 6) is -0.153. The highest BCUT2D eigenvalue weighted by Crippen LogP contribution is 2.19. The molecule has 2 amide bonds. The molecule has 110 valence electrons. The summed E-state index contributed by atoms with van der Waals surface area (Å²) in [6, 6.07) is 10.9. The van der Waals surface area contributed by atoms with Crippen LogP contribution in [0.15, 0.2) is 36.4 Å². The number of hydrogen-bond acceptors (Lipinski definition) is 3. The lowest BCUT2D eigenvalue weighted by Crippen LogP contribution is -2.12. The maximum absolute atomic E-state index is 12.1. The molecule has 0 saturated heterocycles. The fraction of sp³-hybridized carbons (Fsp3) is 0.250. The van der Waals surface area contributed by atoms with E-state index in [1.165, 1.54) is 11.3 Å². The second kappa shape index (κ2) is 7.04. The largest absolute Gasteiger partial charge is 0.326 e. The third-order valence-corrected chi connectivity index (χ3v) is 3.84. The van der Waals surface area contributed by atoms with Gasteiger partial charge in [0.2, 0.25) is 5.91 Å². The van der Waals surface area contributed by atoms with E-state index in [0.29, 0.717) is 22.7 Å². The molecule has 0 atom stereocenters. The molecular weight excluding hydrogens is 284 g/mol. The Bertz CT molecular complexity index is 649. The van der Waals surface area contributed by atoms with Crippen molar-refractivity contribution in [3.63, 3.8) is 0 Å². The first-order valence-corrected chi connectivity index (χ1v) is 7.68. The zero-order valence-corrected chi connectivity index (χ0v) is 12.9. The Hall–Kier alpha value is -2.14. The van der Waals surface area contributed by atoms with Crippen LogP contribution in [0.5, 0.6) is 0 Å². The Kier molecular flexibility index (Phi) is 5.11. The SMILES string of the molecule is CCCC(=O)Nc1cccc(NC(=O)c2ccc(C)s2)c1. The van der Waals surface area contributed by atoms with Crippen LogP contribution in [0.2, 0.25) is 0 Å². The first-order valence-electron chi connectivity index (χ1n) is 6.86. The van der Waals surface area contributed by atoms with E-state index in [9.17, 15) is 9.59 Å². The summed E-state index contributed by atoms with van der Waals surface area (Å²) >= 11 is 1.45. The third kappa shape index (κ3) is 4.43. The lowest BCUT2D eigenvalue weighted by molar-refractivity contribution is -0.116. The third-order valence-electron chi connectivity index (χ3n) is 2.85. The highest BCUT2D eigenvalue weighted by Gasteiger charge is 2.09. The zero-order chi connectivity index (χ0) is 15.2. The maximum Gasteiger partial charge on any atom is 0.265 e. The average molecular weight is 302 g/mol. The first-order chi connectivity index (χ1) is 10.1. The van der Waals surface area contributed by atoms with Crippen LogP contribution in [-0.4, -0.2) is 11.8 Å². The zero-order valence-electron chi connectivity index (χ0n) is 12.1. The molecular formula is C16H18N2O2S. The molecule has 0 aliphatic carbocycles. The van der Waals surface area contributed by atoms with Crippen molar-refractivity contribution in [2.24, 2.45) is 0 Å². The lowest BCUT2D eigenvalue weighted by atomic mass is 10.2. The number of amides is 2. The van der Waals surface area contributed by atoms with Gasteiger partial charge in [0.15, 0.2) is 0 Å². The number of benzene rings is 1. The van der Waals surface area contributed by atoms with Gasteiger partial charge in [0.25, 0.3) is 5.91 Å². The van der Waals surface area contributed by atoms with Gasteiger partial charge in [0.05, 0.1) is 4.88 Å². The molecule has 0 bridgehead atoms. The van der Waals surface area contributed by atoms with Gasteiger partial charge < -0.3 is 10.6 Å². The van der Waals surface area contributed by atoms with E-state index in [0.717, 1.165) is 11.3 Å². The molecule has 1 aromatic heterocycles. The summed E-state index contributed by atoms with van der Waals surface area (Å²) in [7, 11) is 0. The average Bonchev–Trinajstić information content (AvgIpc) is 2.86. The molecule has 0 aliphatic rings. The van der Waals surface area contributed by atoms with Crippen molar-refractivity contribution in [2.45, 2.75) is 26.7 Å². The van der Waals surface area contributed by atoms with Gasteiger partial charge in [-0.05, 0) is 43.7 Å². The summed E-state index contributed by atoms with van der Waals surface area (Å²) in [6.45, 7) is 3.92. The summed E-state index contributed by atoms with van der Waals surface area (Å²) in [5, 5.41) is 5.65. The van der Waals surface area contributed by atoms with Gasteiger partial charge in [-0.25, -0.2) is 0 Å². The minimum Gasteiger partial charge on any atom is -0.326 e. The molecule has 0 unspecified atom stereocenters. The highest BCUT2D eigenvalue weighted by molar-refractivity contribution is 7.14. The van der Waals surface area contributed by atoms with Crippen molar-refractivity contribution in [3.8, 4) is 0 Å². The van der Waals surface area contributed by atoms with Crippen LogP contribution in [0, 0.1) is 6.92 Å². The van der Waals surface area contributed by atoms with Crippen molar-refractivity contribution in [3.05, 3.63) is 46.2 Å². The minimum atomic E-state index is -0.134. The van der Waals surface area contributed by atoms with Crippen molar-refractivity contribution in [1.29, 1.82) is 0 Å². The number of carbonyl (C=O) groups excluding carboxylic acids is 2. The molecule has 1 heterocycles. The smallest absolute Gasteiger partial charge is 0.265 e. The number of carbonyl (C=O) groups is 2. The number of aryl methyl sites for hydroxylation is 1. The number of nitrogens with one attached hydrogen (secondary N) is 2. The topological polar surface area (TPSA) is 58.2 Å². The van der Waals surface area contributed by atoms with Crippen molar-refractivity contribution < 1.29 is 9.59 Å². The monoisotopic (exact) mass is 302 g/mol. The van der Waals surface area contributed by atoms with Crippen LogP contribution in [0.1, 0.15) is 34.3 Å². The first kappa shape index (κ1) is 15.3. The molecule has 0 fully saturated rings. The predicted molar refractivity (Wildman–Crippen MR) is 87.0 cm³/mol. The molecule has 0 radical (unpaired) electrons. The maximum atomic E-state index is 12.1. The van der Waals surface area contributed by atoms with E-state index in [2.05, 4.69) is 10.6 Å². The molecule has 1 aromatic carbocycles. The van der Waals surface area contributed by atoms with Crippen LogP contribution < -0.4 is 10.6 Å². The Balaban J connectivity index is 2.04. The van der Waals surface area contributed by atoms with E-state index < -0.39 is 0 Å². The van der Waals surface area contributed by atoms with Crippen LogP contribution >= 0.6 is 11.3 Å². The molecule has 4 nitrogen and oxygen atoms in total. The van der Waals surface area contributed by atoms with E-state index >= 15 is 0 Å². The highest BCUT2D eigenvalue weighted by atomic mass is 32.1. The fourth-order valence-corrected chi connectivity index (χ4v) is 2.64. The Morgan fingerprint density at radius 1 is 1.10 bits per heavy atom.